The van der Waals surface area contributed by atoms with Crippen LogP contribution >= 0.6 is 0 Å². The zero-order valence-electron chi connectivity index (χ0n) is 26.0. The summed E-state index contributed by atoms with van der Waals surface area (Å²) in [7, 11) is 2.10. The van der Waals surface area contributed by atoms with Gasteiger partial charge in [0.1, 0.15) is 13.1 Å². The van der Waals surface area contributed by atoms with Gasteiger partial charge < -0.3 is 10.0 Å². The van der Waals surface area contributed by atoms with Gasteiger partial charge in [0.05, 0.1) is 11.5 Å². The highest BCUT2D eigenvalue weighted by atomic mass is 16.3. The number of ketones is 1. The second-order valence-corrected chi connectivity index (χ2v) is 12.1. The van der Waals surface area contributed by atoms with Crippen LogP contribution in [0.4, 0.5) is 0 Å². The predicted octanol–water partition coefficient (Wildman–Crippen LogP) is 7.28. The Morgan fingerprint density at radius 1 is 1.05 bits per heavy atom. The van der Waals surface area contributed by atoms with E-state index < -0.39 is 0 Å². The molecule has 1 saturated carbocycles. The minimum Gasteiger partial charge on any atom is -0.393 e. The number of carbonyl (C=O) groups excluding carboxylic acids is 1. The standard InChI is InChI=1S/C20H31NO.C8H10B.C7H14O/c1-5-16(2)10-13-21-14-11-20(12-15-21,18(4)22)19-9-7-6-8-17(19)3;1-7-3-5-8(9-2)6-4-7;1-2-3-6-4-7(8)5-6/h6-9,16H,5,10-15H2,1-4H3;3-6H,1-2H3;6-8H,2-5H2,1H3. The Bertz CT molecular complexity index is 956. The molecule has 4 heteroatoms. The number of likely N-dealkylation sites (tertiary alicyclic amines) is 1. The first-order chi connectivity index (χ1) is 18.6. The molecule has 215 valence electrons. The van der Waals surface area contributed by atoms with Crippen molar-refractivity contribution in [2.24, 2.45) is 11.8 Å². The number of hydrogen-bond acceptors (Lipinski definition) is 3. The number of aryl methyl sites for hydroxylation is 2. The Labute approximate surface area is 241 Å². The van der Waals surface area contributed by atoms with Crippen LogP contribution in [0.5, 0.6) is 0 Å². The van der Waals surface area contributed by atoms with Crippen molar-refractivity contribution in [1.82, 2.24) is 4.90 Å². The number of Topliss-reactive ketones (excluding diaryl/α,β-unsaturated/α-hetero) is 1. The van der Waals surface area contributed by atoms with Gasteiger partial charge in [0.25, 0.3) is 0 Å². The Hall–Kier alpha value is -1.91. The number of benzene rings is 2. The smallest absolute Gasteiger partial charge is 0.148 e. The van der Waals surface area contributed by atoms with Crippen molar-refractivity contribution >= 4 is 18.5 Å². The molecule has 2 aromatic rings. The third-order valence-electron chi connectivity index (χ3n) is 9.00. The second-order valence-electron chi connectivity index (χ2n) is 12.1. The molecule has 1 atom stereocenters. The fourth-order valence-electron chi connectivity index (χ4n) is 5.79. The molecular weight excluding hydrogens is 477 g/mol. The van der Waals surface area contributed by atoms with Gasteiger partial charge >= 0.3 is 0 Å². The summed E-state index contributed by atoms with van der Waals surface area (Å²) in [5.74, 6) is 1.99. The van der Waals surface area contributed by atoms with Crippen molar-refractivity contribution in [3.8, 4) is 0 Å². The van der Waals surface area contributed by atoms with E-state index in [1.165, 1.54) is 54.4 Å². The molecule has 3 nitrogen and oxygen atoms in total. The summed E-state index contributed by atoms with van der Waals surface area (Å²) in [6, 6.07) is 16.9. The van der Waals surface area contributed by atoms with Crippen LogP contribution in [0, 0.1) is 25.7 Å². The minimum absolute atomic E-state index is 0.0477. The van der Waals surface area contributed by atoms with Crippen LogP contribution < -0.4 is 5.46 Å². The molecule has 2 aliphatic rings. The predicted molar refractivity (Wildman–Crippen MR) is 169 cm³/mol. The van der Waals surface area contributed by atoms with Gasteiger partial charge in [-0.05, 0) is 95.5 Å². The van der Waals surface area contributed by atoms with Gasteiger partial charge in [-0.3, -0.25) is 4.79 Å². The number of aliphatic hydroxyl groups excluding tert-OH is 1. The van der Waals surface area contributed by atoms with Gasteiger partial charge in [-0.2, -0.15) is 0 Å². The summed E-state index contributed by atoms with van der Waals surface area (Å²) < 4.78 is 0. The monoisotopic (exact) mass is 532 g/mol. The molecule has 2 fully saturated rings. The SMILES string of the molecule is CCC(C)CCN1CCC(C(C)=O)(c2ccccc2C)CC1.CCCC1CC(O)C1.C[B]c1ccc(C)cc1. The van der Waals surface area contributed by atoms with Gasteiger partial charge in [-0.15, -0.1) is 0 Å². The summed E-state index contributed by atoms with van der Waals surface area (Å²) in [6.45, 7) is 18.1. The van der Waals surface area contributed by atoms with E-state index in [1.54, 1.807) is 6.92 Å². The molecule has 0 aromatic heterocycles. The van der Waals surface area contributed by atoms with Crippen molar-refractivity contribution in [1.29, 1.82) is 0 Å². The molecular formula is C35H55BNO2. The highest BCUT2D eigenvalue weighted by molar-refractivity contribution is 6.51. The maximum atomic E-state index is 12.5. The van der Waals surface area contributed by atoms with E-state index in [4.69, 9.17) is 5.11 Å². The van der Waals surface area contributed by atoms with Crippen LogP contribution in [0.15, 0.2) is 48.5 Å². The summed E-state index contributed by atoms with van der Waals surface area (Å²) in [5, 5.41) is 8.84. The molecule has 1 aliphatic heterocycles. The number of hydrogen-bond donors (Lipinski definition) is 1. The zero-order chi connectivity index (χ0) is 28.8. The number of nitrogens with zero attached hydrogens (tertiary/aromatic N) is 1. The van der Waals surface area contributed by atoms with Crippen LogP contribution in [0.1, 0.15) is 95.8 Å². The second kappa shape index (κ2) is 17.0. The number of aliphatic hydroxyl groups is 1. The fraction of sp³-hybridized carbons (Fsp3) is 0.629. The van der Waals surface area contributed by atoms with E-state index in [2.05, 4.69) is 95.3 Å². The van der Waals surface area contributed by atoms with Gasteiger partial charge in [0.15, 0.2) is 0 Å². The van der Waals surface area contributed by atoms with Gasteiger partial charge in [-0.1, -0.05) is 106 Å². The van der Waals surface area contributed by atoms with E-state index >= 15 is 0 Å². The molecule has 1 radical (unpaired) electrons. The van der Waals surface area contributed by atoms with E-state index in [-0.39, 0.29) is 11.5 Å². The van der Waals surface area contributed by atoms with Crippen molar-refractivity contribution in [2.75, 3.05) is 19.6 Å². The maximum absolute atomic E-state index is 12.5. The van der Waals surface area contributed by atoms with Gasteiger partial charge in [0, 0.05) is 0 Å². The lowest BCUT2D eigenvalue weighted by molar-refractivity contribution is -0.124. The number of piperidine rings is 1. The molecule has 1 saturated heterocycles. The average molecular weight is 533 g/mol. The summed E-state index contributed by atoms with van der Waals surface area (Å²) in [4.78, 5) is 15.0. The van der Waals surface area contributed by atoms with E-state index in [1.807, 2.05) is 6.82 Å². The largest absolute Gasteiger partial charge is 0.393 e. The third kappa shape index (κ3) is 10.5. The molecule has 1 aliphatic carbocycles. The minimum atomic E-state index is -0.252. The Morgan fingerprint density at radius 3 is 2.15 bits per heavy atom. The topological polar surface area (TPSA) is 40.5 Å². The van der Waals surface area contributed by atoms with E-state index in [0.717, 1.165) is 50.6 Å². The van der Waals surface area contributed by atoms with Crippen LogP contribution in [0.25, 0.3) is 0 Å². The summed E-state index contributed by atoms with van der Waals surface area (Å²) in [6.07, 6.45) is 9.23. The first kappa shape index (κ1) is 33.3. The third-order valence-corrected chi connectivity index (χ3v) is 9.00. The van der Waals surface area contributed by atoms with Gasteiger partial charge in [-0.25, -0.2) is 0 Å². The highest BCUT2D eigenvalue weighted by Crippen LogP contribution is 2.38. The summed E-state index contributed by atoms with van der Waals surface area (Å²) >= 11 is 0. The number of carbonyl (C=O) groups is 1. The Morgan fingerprint density at radius 2 is 1.67 bits per heavy atom. The van der Waals surface area contributed by atoms with Crippen LogP contribution in [0.3, 0.4) is 0 Å². The quantitative estimate of drug-likeness (QED) is 0.345. The molecule has 2 aromatic carbocycles. The highest BCUT2D eigenvalue weighted by Gasteiger charge is 2.41. The van der Waals surface area contributed by atoms with Crippen LogP contribution in [-0.4, -0.2) is 48.8 Å². The fourth-order valence-corrected chi connectivity index (χ4v) is 5.79. The molecule has 0 spiro atoms. The molecule has 1 N–H and O–H groups in total. The molecule has 4 rings (SSSR count). The maximum Gasteiger partial charge on any atom is 0.148 e. The lowest BCUT2D eigenvalue weighted by atomic mass is 9.69. The first-order valence-corrected chi connectivity index (χ1v) is 15.5. The van der Waals surface area contributed by atoms with Crippen LogP contribution in [-0.2, 0) is 10.2 Å². The first-order valence-electron chi connectivity index (χ1n) is 15.5. The normalized spacial score (nSPS) is 20.8. The molecule has 1 unspecified atom stereocenters. The molecule has 1 heterocycles. The lowest BCUT2D eigenvalue weighted by Gasteiger charge is -2.41. The lowest BCUT2D eigenvalue weighted by Crippen LogP contribution is -2.47. The van der Waals surface area contributed by atoms with Crippen molar-refractivity contribution in [3.05, 3.63) is 65.2 Å². The van der Waals surface area contributed by atoms with Crippen molar-refractivity contribution < 1.29 is 9.90 Å². The Balaban J connectivity index is 0.000000255. The van der Waals surface area contributed by atoms with E-state index in [9.17, 15) is 4.79 Å². The number of rotatable bonds is 9. The van der Waals surface area contributed by atoms with Gasteiger partial charge in [0.2, 0.25) is 0 Å². The van der Waals surface area contributed by atoms with Crippen molar-refractivity contribution in [2.45, 2.75) is 111 Å². The average Bonchev–Trinajstić information content (AvgIpc) is 2.92. The van der Waals surface area contributed by atoms with Crippen molar-refractivity contribution in [3.63, 3.8) is 0 Å². The zero-order valence-corrected chi connectivity index (χ0v) is 26.0. The molecule has 0 bridgehead atoms. The molecule has 39 heavy (non-hydrogen) atoms. The van der Waals surface area contributed by atoms with E-state index in [0.29, 0.717) is 5.78 Å². The molecule has 0 amide bonds. The summed E-state index contributed by atoms with van der Waals surface area (Å²) in [5.41, 5.74) is 4.87. The van der Waals surface area contributed by atoms with Crippen LogP contribution in [0.2, 0.25) is 6.82 Å². The Kier molecular flexibility index (Phi) is 14.5.